The molecule has 7 nitrogen and oxygen atoms in total. The molecule has 1 aromatic heterocycles. The average Bonchev–Trinajstić information content (AvgIpc) is 2.84. The van der Waals surface area contributed by atoms with Crippen LogP contribution < -0.4 is 10.6 Å². The minimum atomic E-state index is -0.0254. The molecule has 0 bridgehead atoms. The van der Waals surface area contributed by atoms with Crippen molar-refractivity contribution in [2.45, 2.75) is 18.9 Å². The number of halogens is 2. The van der Waals surface area contributed by atoms with Gasteiger partial charge in [0.05, 0.1) is 5.52 Å². The van der Waals surface area contributed by atoms with Gasteiger partial charge < -0.3 is 20.6 Å². The number of anilines is 3. The number of rotatable bonds is 5. The average molecular weight is 508 g/mol. The largest absolute Gasteiger partial charge is 0.508 e. The third-order valence-corrected chi connectivity index (χ3v) is 6.40. The minimum absolute atomic E-state index is 0.0254. The summed E-state index contributed by atoms with van der Waals surface area (Å²) in [6.07, 6.45) is 1.57. The zero-order chi connectivity index (χ0) is 24.4. The van der Waals surface area contributed by atoms with Gasteiger partial charge in [0, 0.05) is 45.8 Å². The second-order valence-corrected chi connectivity index (χ2v) is 9.33. The summed E-state index contributed by atoms with van der Waals surface area (Å²) in [5.74, 6) is 1.29. The normalized spacial score (nSPS) is 14.2. The van der Waals surface area contributed by atoms with Gasteiger partial charge in [-0.25, -0.2) is 4.98 Å². The van der Waals surface area contributed by atoms with Crippen LogP contribution in [-0.4, -0.2) is 45.0 Å². The predicted molar refractivity (Wildman–Crippen MR) is 140 cm³/mol. The van der Waals surface area contributed by atoms with Crippen molar-refractivity contribution in [1.82, 2.24) is 14.9 Å². The number of nitrogens with zero attached hydrogens (tertiary/aromatic N) is 3. The van der Waals surface area contributed by atoms with Crippen LogP contribution in [0.2, 0.25) is 10.0 Å². The van der Waals surface area contributed by atoms with Crippen LogP contribution in [-0.2, 0) is 0 Å². The van der Waals surface area contributed by atoms with Crippen LogP contribution in [0.4, 0.5) is 17.5 Å². The Hall–Kier alpha value is -3.55. The summed E-state index contributed by atoms with van der Waals surface area (Å²) < 4.78 is 0. The number of amides is 1. The van der Waals surface area contributed by atoms with Crippen LogP contribution in [0.3, 0.4) is 0 Å². The highest BCUT2D eigenvalue weighted by Gasteiger charge is 2.24. The Morgan fingerprint density at radius 2 is 1.63 bits per heavy atom. The third kappa shape index (κ3) is 5.42. The molecule has 1 fully saturated rings. The Labute approximate surface area is 212 Å². The summed E-state index contributed by atoms with van der Waals surface area (Å²) in [5.41, 5.74) is 2.08. The van der Waals surface area contributed by atoms with Gasteiger partial charge in [-0.3, -0.25) is 4.79 Å². The summed E-state index contributed by atoms with van der Waals surface area (Å²) in [5, 5.41) is 18.2. The van der Waals surface area contributed by atoms with E-state index < -0.39 is 0 Å². The lowest BCUT2D eigenvalue weighted by Gasteiger charge is -2.33. The second kappa shape index (κ2) is 9.98. The number of phenolic OH excluding ortho intramolecular Hbond substituents is 1. The van der Waals surface area contributed by atoms with Crippen molar-refractivity contribution in [3.05, 3.63) is 82.3 Å². The van der Waals surface area contributed by atoms with Gasteiger partial charge in [-0.05, 0) is 67.4 Å². The highest BCUT2D eigenvalue weighted by atomic mass is 35.5. The van der Waals surface area contributed by atoms with Gasteiger partial charge in [0.2, 0.25) is 5.95 Å². The van der Waals surface area contributed by atoms with E-state index in [2.05, 4.69) is 15.6 Å². The standard InChI is InChI=1S/C26H23Cl2N5O2/c27-17-13-18(28)15-20(14-17)30-26-31-23-4-2-1-3-22(23)24(32-26)29-19-9-11-33(12-10-19)25(35)16-5-7-21(34)8-6-16/h1-8,13-15,19,34H,9-12H2,(H2,29,30,31,32). The van der Waals surface area contributed by atoms with Gasteiger partial charge >= 0.3 is 0 Å². The van der Waals surface area contributed by atoms with Crippen molar-refractivity contribution in [3.63, 3.8) is 0 Å². The van der Waals surface area contributed by atoms with Crippen molar-refractivity contribution in [2.75, 3.05) is 23.7 Å². The van der Waals surface area contributed by atoms with Crippen molar-refractivity contribution in [2.24, 2.45) is 0 Å². The summed E-state index contributed by atoms with van der Waals surface area (Å²) in [6, 6.07) is 19.5. The molecule has 35 heavy (non-hydrogen) atoms. The highest BCUT2D eigenvalue weighted by molar-refractivity contribution is 6.35. The van der Waals surface area contributed by atoms with E-state index in [4.69, 9.17) is 28.2 Å². The van der Waals surface area contributed by atoms with Crippen LogP contribution in [0.25, 0.3) is 10.9 Å². The number of likely N-dealkylation sites (tertiary alicyclic amines) is 1. The quantitative estimate of drug-likeness (QED) is 0.302. The summed E-state index contributed by atoms with van der Waals surface area (Å²) in [4.78, 5) is 24.0. The molecule has 1 saturated heterocycles. The Bertz CT molecular complexity index is 1350. The van der Waals surface area contributed by atoms with Gasteiger partial charge in [0.15, 0.2) is 0 Å². The number of benzene rings is 3. The first-order chi connectivity index (χ1) is 16.9. The molecule has 0 spiro atoms. The monoisotopic (exact) mass is 507 g/mol. The number of carbonyl (C=O) groups is 1. The van der Waals surface area contributed by atoms with Gasteiger partial charge in [-0.2, -0.15) is 4.98 Å². The van der Waals surface area contributed by atoms with Crippen molar-refractivity contribution < 1.29 is 9.90 Å². The second-order valence-electron chi connectivity index (χ2n) is 8.45. The summed E-state index contributed by atoms with van der Waals surface area (Å²) in [6.45, 7) is 1.26. The van der Waals surface area contributed by atoms with Crippen molar-refractivity contribution in [1.29, 1.82) is 0 Å². The SMILES string of the molecule is O=C(c1ccc(O)cc1)N1CCC(Nc2nc(Nc3cc(Cl)cc(Cl)c3)nc3ccccc23)CC1. The fraction of sp³-hybridized carbons (Fsp3) is 0.192. The molecular formula is C26H23Cl2N5O2. The lowest BCUT2D eigenvalue weighted by Crippen LogP contribution is -2.42. The van der Waals surface area contributed by atoms with Gasteiger partial charge in [-0.15, -0.1) is 0 Å². The van der Waals surface area contributed by atoms with Gasteiger partial charge in [-0.1, -0.05) is 35.3 Å². The first kappa shape index (κ1) is 23.2. The van der Waals surface area contributed by atoms with Crippen molar-refractivity contribution in [3.8, 4) is 5.75 Å². The molecule has 3 N–H and O–H groups in total. The van der Waals surface area contributed by atoms with E-state index in [0.717, 1.165) is 29.6 Å². The van der Waals surface area contributed by atoms with E-state index in [9.17, 15) is 9.90 Å². The number of nitrogens with one attached hydrogen (secondary N) is 2. The molecule has 0 radical (unpaired) electrons. The van der Waals surface area contributed by atoms with E-state index in [1.54, 1.807) is 30.3 Å². The molecule has 0 aliphatic carbocycles. The van der Waals surface area contributed by atoms with Gasteiger partial charge in [0.1, 0.15) is 11.6 Å². The molecule has 2 heterocycles. The topological polar surface area (TPSA) is 90.4 Å². The first-order valence-electron chi connectivity index (χ1n) is 11.3. The van der Waals surface area contributed by atoms with E-state index in [1.165, 1.54) is 12.1 Å². The molecule has 9 heteroatoms. The van der Waals surface area contributed by atoms with Crippen LogP contribution in [0.5, 0.6) is 5.75 Å². The zero-order valence-electron chi connectivity index (χ0n) is 18.7. The first-order valence-corrected chi connectivity index (χ1v) is 12.0. The number of carbonyl (C=O) groups excluding carboxylic acids is 1. The van der Waals surface area contributed by atoms with Gasteiger partial charge in [0.25, 0.3) is 5.91 Å². The number of para-hydroxylation sites is 1. The smallest absolute Gasteiger partial charge is 0.253 e. The van der Waals surface area contributed by atoms with Crippen LogP contribution in [0, 0.1) is 0 Å². The van der Waals surface area contributed by atoms with E-state index in [1.807, 2.05) is 29.2 Å². The van der Waals surface area contributed by atoms with Crippen LogP contribution in [0.15, 0.2) is 66.7 Å². The Balaban J connectivity index is 1.31. The molecule has 1 aliphatic heterocycles. The zero-order valence-corrected chi connectivity index (χ0v) is 20.2. The molecule has 1 amide bonds. The minimum Gasteiger partial charge on any atom is -0.508 e. The maximum absolute atomic E-state index is 12.8. The predicted octanol–water partition coefficient (Wildman–Crippen LogP) is 6.10. The summed E-state index contributed by atoms with van der Waals surface area (Å²) >= 11 is 12.3. The number of aromatic nitrogens is 2. The lowest BCUT2D eigenvalue weighted by atomic mass is 10.0. The molecular weight excluding hydrogens is 485 g/mol. The molecule has 5 rings (SSSR count). The molecule has 4 aromatic rings. The third-order valence-electron chi connectivity index (χ3n) is 5.96. The fourth-order valence-corrected chi connectivity index (χ4v) is 4.73. The maximum Gasteiger partial charge on any atom is 0.253 e. The molecule has 178 valence electrons. The molecule has 1 aliphatic rings. The summed E-state index contributed by atoms with van der Waals surface area (Å²) in [7, 11) is 0. The van der Waals surface area contributed by atoms with E-state index in [0.29, 0.717) is 40.3 Å². The number of aromatic hydroxyl groups is 1. The number of hydrogen-bond acceptors (Lipinski definition) is 6. The lowest BCUT2D eigenvalue weighted by molar-refractivity contribution is 0.0718. The Kier molecular flexibility index (Phi) is 6.61. The number of fused-ring (bicyclic) bond motifs is 1. The number of hydrogen-bond donors (Lipinski definition) is 3. The molecule has 0 atom stereocenters. The van der Waals surface area contributed by atoms with Crippen molar-refractivity contribution >= 4 is 57.5 Å². The van der Waals surface area contributed by atoms with Crippen LogP contribution in [0.1, 0.15) is 23.2 Å². The fourth-order valence-electron chi connectivity index (χ4n) is 4.20. The Morgan fingerprint density at radius 3 is 2.34 bits per heavy atom. The number of phenols is 1. The highest BCUT2D eigenvalue weighted by Crippen LogP contribution is 2.28. The molecule has 0 saturated carbocycles. The maximum atomic E-state index is 12.8. The molecule has 3 aromatic carbocycles. The molecule has 0 unspecified atom stereocenters. The number of piperidine rings is 1. The Morgan fingerprint density at radius 1 is 0.943 bits per heavy atom. The van der Waals surface area contributed by atoms with E-state index in [-0.39, 0.29) is 17.7 Å². The van der Waals surface area contributed by atoms with E-state index >= 15 is 0 Å². The van der Waals surface area contributed by atoms with Crippen LogP contribution >= 0.6 is 23.2 Å².